The Morgan fingerprint density at radius 3 is 1.97 bits per heavy atom. The fraction of sp³-hybridized carbons (Fsp3) is 0.593. The van der Waals surface area contributed by atoms with Crippen molar-refractivity contribution in [2.24, 2.45) is 0 Å². The molecule has 30 heavy (non-hydrogen) atoms. The third-order valence-corrected chi connectivity index (χ3v) is 7.11. The fourth-order valence-electron chi connectivity index (χ4n) is 4.13. The van der Waals surface area contributed by atoms with Crippen LogP contribution in [0.25, 0.3) is 16.2 Å². The van der Waals surface area contributed by atoms with Gasteiger partial charge in [0.15, 0.2) is 4.96 Å². The molecule has 0 atom stereocenters. The lowest BCUT2D eigenvalue weighted by atomic mass is 10.0. The maximum absolute atomic E-state index is 4.88. The third-order valence-electron chi connectivity index (χ3n) is 6.05. The topological polar surface area (TPSA) is 17.3 Å². The summed E-state index contributed by atoms with van der Waals surface area (Å²) in [5.74, 6) is 0. The van der Waals surface area contributed by atoms with E-state index in [1.807, 2.05) is 11.3 Å². The minimum absolute atomic E-state index is 1.09. The van der Waals surface area contributed by atoms with Gasteiger partial charge in [-0.2, -0.15) is 0 Å². The molecule has 0 bridgehead atoms. The van der Waals surface area contributed by atoms with Gasteiger partial charge in [0.25, 0.3) is 0 Å². The van der Waals surface area contributed by atoms with Gasteiger partial charge in [0.05, 0.1) is 5.69 Å². The zero-order valence-corrected chi connectivity index (χ0v) is 20.0. The molecule has 3 rings (SSSR count). The Hall–Kier alpha value is -1.61. The second-order valence-electron chi connectivity index (χ2n) is 8.75. The van der Waals surface area contributed by atoms with Crippen molar-refractivity contribution in [2.45, 2.75) is 104 Å². The van der Waals surface area contributed by atoms with Crippen LogP contribution in [0.5, 0.6) is 0 Å². The summed E-state index contributed by atoms with van der Waals surface area (Å²) < 4.78 is 2.21. The molecule has 3 heteroatoms. The second-order valence-corrected chi connectivity index (χ2v) is 9.84. The van der Waals surface area contributed by atoms with E-state index in [9.17, 15) is 0 Å². The first-order valence-electron chi connectivity index (χ1n) is 12.4. The van der Waals surface area contributed by atoms with Gasteiger partial charge in [0.2, 0.25) is 0 Å². The van der Waals surface area contributed by atoms with Gasteiger partial charge >= 0.3 is 0 Å². The lowest BCUT2D eigenvalue weighted by Crippen LogP contribution is -1.87. The highest BCUT2D eigenvalue weighted by molar-refractivity contribution is 7.17. The van der Waals surface area contributed by atoms with Crippen LogP contribution in [-0.2, 0) is 12.8 Å². The largest absolute Gasteiger partial charge is 0.297 e. The number of thiazole rings is 1. The summed E-state index contributed by atoms with van der Waals surface area (Å²) in [6.07, 6.45) is 23.2. The molecule has 3 aromatic rings. The average Bonchev–Trinajstić information content (AvgIpc) is 3.32. The van der Waals surface area contributed by atoms with Crippen LogP contribution < -0.4 is 0 Å². The standard InChI is InChI=1S/C27H40N2S/c1-3-5-7-9-10-11-12-13-15-23-17-19-24(20-18-23)26-22-29-21-25(30-27(29)28-26)16-14-8-6-4-2/h17-22H,3-16H2,1-2H3. The molecule has 0 aliphatic rings. The molecule has 0 saturated carbocycles. The SMILES string of the molecule is CCCCCCCCCCc1ccc(-c2cn3cc(CCCCCC)sc3n2)cc1. The van der Waals surface area contributed by atoms with Crippen LogP contribution in [-0.4, -0.2) is 9.38 Å². The number of fused-ring (bicyclic) bond motifs is 1. The van der Waals surface area contributed by atoms with E-state index in [4.69, 9.17) is 4.98 Å². The van der Waals surface area contributed by atoms with Crippen LogP contribution in [0, 0.1) is 0 Å². The highest BCUT2D eigenvalue weighted by Crippen LogP contribution is 2.25. The van der Waals surface area contributed by atoms with Crippen LogP contribution in [0.15, 0.2) is 36.7 Å². The number of hydrogen-bond donors (Lipinski definition) is 0. The molecule has 2 aromatic heterocycles. The number of hydrogen-bond acceptors (Lipinski definition) is 2. The van der Waals surface area contributed by atoms with Crippen molar-refractivity contribution in [3.63, 3.8) is 0 Å². The predicted octanol–water partition coefficient (Wildman–Crippen LogP) is 8.87. The molecular weight excluding hydrogens is 384 g/mol. The van der Waals surface area contributed by atoms with E-state index in [0.29, 0.717) is 0 Å². The summed E-state index contributed by atoms with van der Waals surface area (Å²) in [5.41, 5.74) is 3.78. The Labute approximate surface area is 187 Å². The first kappa shape index (κ1) is 23.1. The molecule has 0 aliphatic heterocycles. The van der Waals surface area contributed by atoms with Crippen LogP contribution in [0.3, 0.4) is 0 Å². The molecule has 1 aromatic carbocycles. The third kappa shape index (κ3) is 7.27. The van der Waals surface area contributed by atoms with Gasteiger partial charge in [0.1, 0.15) is 0 Å². The first-order chi connectivity index (χ1) is 14.8. The normalized spacial score (nSPS) is 11.5. The van der Waals surface area contributed by atoms with E-state index in [1.165, 1.54) is 106 Å². The number of imidazole rings is 1. The Bertz CT molecular complexity index is 812. The second kappa shape index (κ2) is 12.9. The summed E-state index contributed by atoms with van der Waals surface area (Å²) in [5, 5.41) is 0. The number of rotatable bonds is 15. The van der Waals surface area contributed by atoms with Crippen molar-refractivity contribution in [2.75, 3.05) is 0 Å². The fourth-order valence-corrected chi connectivity index (χ4v) is 5.13. The maximum atomic E-state index is 4.88. The number of benzene rings is 1. The summed E-state index contributed by atoms with van der Waals surface area (Å²) in [4.78, 5) is 7.46. The molecule has 2 nitrogen and oxygen atoms in total. The molecule has 2 heterocycles. The Morgan fingerprint density at radius 1 is 0.700 bits per heavy atom. The van der Waals surface area contributed by atoms with Gasteiger partial charge in [-0.3, -0.25) is 4.40 Å². The van der Waals surface area contributed by atoms with E-state index in [0.717, 1.165) is 10.7 Å². The minimum atomic E-state index is 1.09. The van der Waals surface area contributed by atoms with E-state index < -0.39 is 0 Å². The molecular formula is C27H40N2S. The monoisotopic (exact) mass is 424 g/mol. The van der Waals surface area contributed by atoms with Gasteiger partial charge in [-0.1, -0.05) is 102 Å². The highest BCUT2D eigenvalue weighted by Gasteiger charge is 2.08. The van der Waals surface area contributed by atoms with E-state index in [1.54, 1.807) is 0 Å². The molecule has 0 N–H and O–H groups in total. The zero-order valence-electron chi connectivity index (χ0n) is 19.2. The number of aryl methyl sites for hydroxylation is 2. The molecule has 164 valence electrons. The van der Waals surface area contributed by atoms with Crippen molar-refractivity contribution in [1.82, 2.24) is 9.38 Å². The molecule has 0 radical (unpaired) electrons. The van der Waals surface area contributed by atoms with Crippen molar-refractivity contribution < 1.29 is 0 Å². The van der Waals surface area contributed by atoms with Crippen LogP contribution in [0.1, 0.15) is 101 Å². The van der Waals surface area contributed by atoms with Crippen molar-refractivity contribution in [3.8, 4) is 11.3 Å². The molecule has 0 spiro atoms. The first-order valence-corrected chi connectivity index (χ1v) is 13.2. The quantitative estimate of drug-likeness (QED) is 0.223. The summed E-state index contributed by atoms with van der Waals surface area (Å²) >= 11 is 1.85. The molecule has 0 aliphatic carbocycles. The number of unbranched alkanes of at least 4 members (excludes halogenated alkanes) is 10. The van der Waals surface area contributed by atoms with E-state index in [2.05, 4.69) is 54.9 Å². The summed E-state index contributed by atoms with van der Waals surface area (Å²) in [7, 11) is 0. The van der Waals surface area contributed by atoms with E-state index >= 15 is 0 Å². The van der Waals surface area contributed by atoms with Gasteiger partial charge in [-0.15, -0.1) is 11.3 Å². The number of aromatic nitrogens is 2. The molecule has 0 fully saturated rings. The minimum Gasteiger partial charge on any atom is -0.297 e. The maximum Gasteiger partial charge on any atom is 0.194 e. The zero-order chi connectivity index (χ0) is 21.0. The van der Waals surface area contributed by atoms with Crippen LogP contribution in [0.4, 0.5) is 0 Å². The smallest absolute Gasteiger partial charge is 0.194 e. The summed E-state index contributed by atoms with van der Waals surface area (Å²) in [6, 6.07) is 9.09. The Kier molecular flexibility index (Phi) is 9.95. The van der Waals surface area contributed by atoms with Gasteiger partial charge < -0.3 is 0 Å². The van der Waals surface area contributed by atoms with Crippen molar-refractivity contribution in [1.29, 1.82) is 0 Å². The van der Waals surface area contributed by atoms with Gasteiger partial charge in [0, 0.05) is 22.8 Å². The van der Waals surface area contributed by atoms with Gasteiger partial charge in [-0.05, 0) is 31.2 Å². The summed E-state index contributed by atoms with van der Waals surface area (Å²) in [6.45, 7) is 4.55. The van der Waals surface area contributed by atoms with E-state index in [-0.39, 0.29) is 0 Å². The lowest BCUT2D eigenvalue weighted by Gasteiger charge is -2.04. The van der Waals surface area contributed by atoms with Crippen molar-refractivity contribution >= 4 is 16.3 Å². The van der Waals surface area contributed by atoms with Crippen molar-refractivity contribution in [3.05, 3.63) is 47.1 Å². The predicted molar refractivity (Wildman–Crippen MR) is 133 cm³/mol. The molecule has 0 unspecified atom stereocenters. The van der Waals surface area contributed by atoms with Gasteiger partial charge in [-0.25, -0.2) is 4.98 Å². The lowest BCUT2D eigenvalue weighted by molar-refractivity contribution is 0.575. The van der Waals surface area contributed by atoms with Crippen LogP contribution >= 0.6 is 11.3 Å². The molecule has 0 amide bonds. The van der Waals surface area contributed by atoms with Crippen LogP contribution in [0.2, 0.25) is 0 Å². The number of nitrogens with zero attached hydrogens (tertiary/aromatic N) is 2. The average molecular weight is 425 g/mol. The highest BCUT2D eigenvalue weighted by atomic mass is 32.1. The Morgan fingerprint density at radius 2 is 1.30 bits per heavy atom. The molecule has 0 saturated heterocycles. The Balaban J connectivity index is 1.43.